The number of rotatable bonds is 10. The van der Waals surface area contributed by atoms with E-state index in [0.717, 1.165) is 34.6 Å². The second-order valence-corrected chi connectivity index (χ2v) is 10.2. The van der Waals surface area contributed by atoms with Gasteiger partial charge in [0, 0.05) is 37.1 Å². The molecule has 2 heterocycles. The maximum atomic E-state index is 13.0. The molecule has 3 rings (SSSR count). The average molecular weight is 438 g/mol. The Morgan fingerprint density at radius 3 is 2.60 bits per heavy atom. The average Bonchev–Trinajstić information content (AvgIpc) is 3.03. The molecule has 1 aromatic carbocycles. The summed E-state index contributed by atoms with van der Waals surface area (Å²) >= 11 is 0. The summed E-state index contributed by atoms with van der Waals surface area (Å²) in [6.45, 7) is 5.74. The SMILES string of the molecule is CN(C)CCc1cn(S(=O)(=O)OCC(C)(C)C(=O)OCC2CNC2)c2ccccc12. The number of esters is 1. The third-order valence-electron chi connectivity index (χ3n) is 5.27. The minimum atomic E-state index is -4.11. The molecule has 9 heteroatoms. The molecule has 0 spiro atoms. The lowest BCUT2D eigenvalue weighted by atomic mass is 9.95. The van der Waals surface area contributed by atoms with Gasteiger partial charge in [0.2, 0.25) is 0 Å². The lowest BCUT2D eigenvalue weighted by molar-refractivity contribution is -0.157. The van der Waals surface area contributed by atoms with Gasteiger partial charge in [-0.3, -0.25) is 8.98 Å². The summed E-state index contributed by atoms with van der Waals surface area (Å²) < 4.78 is 37.7. The van der Waals surface area contributed by atoms with E-state index in [1.807, 2.05) is 31.1 Å². The quantitative estimate of drug-likeness (QED) is 0.565. The standard InChI is InChI=1S/C21H31N3O5S/c1-21(2,20(25)28-14-16-11-22-12-16)15-29-30(26,27)24-13-17(9-10-23(3)4)18-7-5-6-8-19(18)24/h5-8,13,16,22H,9-12,14-15H2,1-4H3. The van der Waals surface area contributed by atoms with Crippen molar-refractivity contribution in [3.8, 4) is 0 Å². The molecule has 8 nitrogen and oxygen atoms in total. The first-order valence-corrected chi connectivity index (χ1v) is 11.5. The molecular formula is C21H31N3O5S. The summed E-state index contributed by atoms with van der Waals surface area (Å²) in [5.41, 5.74) is 0.407. The summed E-state index contributed by atoms with van der Waals surface area (Å²) in [6.07, 6.45) is 2.32. The molecule has 1 aromatic heterocycles. The van der Waals surface area contributed by atoms with E-state index in [1.54, 1.807) is 32.2 Å². The number of carbonyl (C=O) groups is 1. The third-order valence-corrected chi connectivity index (χ3v) is 6.47. The van der Waals surface area contributed by atoms with Gasteiger partial charge in [0.25, 0.3) is 0 Å². The van der Waals surface area contributed by atoms with Crippen LogP contribution in [-0.2, 0) is 30.4 Å². The second kappa shape index (κ2) is 9.05. The highest BCUT2D eigenvalue weighted by atomic mass is 32.2. The number of para-hydroxylation sites is 1. The lowest BCUT2D eigenvalue weighted by Crippen LogP contribution is -2.45. The van der Waals surface area contributed by atoms with Crippen molar-refractivity contribution in [2.45, 2.75) is 20.3 Å². The molecule has 2 aromatic rings. The van der Waals surface area contributed by atoms with Crippen LogP contribution in [0.5, 0.6) is 0 Å². The fourth-order valence-corrected chi connectivity index (χ4v) is 4.35. The van der Waals surface area contributed by atoms with Gasteiger partial charge in [-0.2, -0.15) is 8.42 Å². The van der Waals surface area contributed by atoms with Crippen molar-refractivity contribution in [3.63, 3.8) is 0 Å². The van der Waals surface area contributed by atoms with Crippen LogP contribution in [0.3, 0.4) is 0 Å². The van der Waals surface area contributed by atoms with Gasteiger partial charge >= 0.3 is 16.3 Å². The first-order chi connectivity index (χ1) is 14.1. The van der Waals surface area contributed by atoms with Gasteiger partial charge in [-0.05, 0) is 46.0 Å². The van der Waals surface area contributed by atoms with Crippen molar-refractivity contribution in [3.05, 3.63) is 36.0 Å². The zero-order valence-corrected chi connectivity index (χ0v) is 18.9. The fourth-order valence-electron chi connectivity index (χ4n) is 3.14. The number of aromatic nitrogens is 1. The molecule has 0 amide bonds. The van der Waals surface area contributed by atoms with Crippen molar-refractivity contribution < 1.29 is 22.1 Å². The second-order valence-electron chi connectivity index (χ2n) is 8.75. The molecule has 0 unspecified atom stereocenters. The Balaban J connectivity index is 1.73. The molecule has 0 aliphatic carbocycles. The topological polar surface area (TPSA) is 89.9 Å². The van der Waals surface area contributed by atoms with Crippen LogP contribution in [-0.4, -0.2) is 70.2 Å². The number of nitrogens with zero attached hydrogens (tertiary/aromatic N) is 2. The first kappa shape index (κ1) is 22.7. The molecule has 1 aliphatic heterocycles. The summed E-state index contributed by atoms with van der Waals surface area (Å²) in [5, 5.41) is 3.99. The van der Waals surface area contributed by atoms with E-state index < -0.39 is 21.7 Å². The van der Waals surface area contributed by atoms with E-state index in [9.17, 15) is 13.2 Å². The predicted molar refractivity (Wildman–Crippen MR) is 116 cm³/mol. The van der Waals surface area contributed by atoms with Crippen LogP contribution in [0.15, 0.2) is 30.5 Å². The van der Waals surface area contributed by atoms with Crippen LogP contribution in [0.4, 0.5) is 0 Å². The molecule has 0 saturated carbocycles. The van der Waals surface area contributed by atoms with Gasteiger partial charge in [0.1, 0.15) is 0 Å². The zero-order chi connectivity index (χ0) is 21.9. The van der Waals surface area contributed by atoms with Gasteiger partial charge in [-0.25, -0.2) is 3.97 Å². The molecule has 0 atom stereocenters. The summed E-state index contributed by atoms with van der Waals surface area (Å²) in [4.78, 5) is 14.4. The Labute approximate surface area is 178 Å². The molecule has 0 bridgehead atoms. The van der Waals surface area contributed by atoms with E-state index in [0.29, 0.717) is 24.5 Å². The minimum absolute atomic E-state index is 0.295. The number of benzene rings is 1. The molecular weight excluding hydrogens is 406 g/mol. The maximum Gasteiger partial charge on any atom is 0.366 e. The number of likely N-dealkylation sites (N-methyl/N-ethyl adjacent to an activating group) is 1. The van der Waals surface area contributed by atoms with Crippen molar-refractivity contribution in [1.29, 1.82) is 0 Å². The van der Waals surface area contributed by atoms with Gasteiger partial charge in [0.15, 0.2) is 0 Å². The lowest BCUT2D eigenvalue weighted by Gasteiger charge is -2.28. The Morgan fingerprint density at radius 2 is 1.97 bits per heavy atom. The highest BCUT2D eigenvalue weighted by molar-refractivity contribution is 7.85. The third kappa shape index (κ3) is 5.21. The summed E-state index contributed by atoms with van der Waals surface area (Å²) in [6, 6.07) is 7.33. The van der Waals surface area contributed by atoms with Gasteiger partial charge in [0.05, 0.1) is 24.1 Å². The molecule has 0 radical (unpaired) electrons. The number of carbonyl (C=O) groups excluding carboxylic acids is 1. The largest absolute Gasteiger partial charge is 0.465 e. The minimum Gasteiger partial charge on any atom is -0.465 e. The van der Waals surface area contributed by atoms with Crippen LogP contribution in [0.1, 0.15) is 19.4 Å². The van der Waals surface area contributed by atoms with Crippen molar-refractivity contribution >= 4 is 27.2 Å². The highest BCUT2D eigenvalue weighted by Crippen LogP contribution is 2.26. The normalized spacial score (nSPS) is 15.5. The van der Waals surface area contributed by atoms with E-state index >= 15 is 0 Å². The molecule has 30 heavy (non-hydrogen) atoms. The number of hydrogen-bond acceptors (Lipinski definition) is 7. The van der Waals surface area contributed by atoms with Crippen LogP contribution < -0.4 is 5.32 Å². The smallest absolute Gasteiger partial charge is 0.366 e. The van der Waals surface area contributed by atoms with Crippen LogP contribution >= 0.6 is 0 Å². The van der Waals surface area contributed by atoms with Gasteiger partial charge in [-0.1, -0.05) is 18.2 Å². The fraction of sp³-hybridized carbons (Fsp3) is 0.571. The van der Waals surface area contributed by atoms with Gasteiger partial charge in [-0.15, -0.1) is 0 Å². The first-order valence-electron chi connectivity index (χ1n) is 10.1. The molecule has 1 fully saturated rings. The molecule has 1 aliphatic rings. The van der Waals surface area contributed by atoms with Crippen molar-refractivity contribution in [2.75, 3.05) is 46.9 Å². The van der Waals surface area contributed by atoms with Crippen molar-refractivity contribution in [2.24, 2.45) is 11.3 Å². The number of ether oxygens (including phenoxy) is 1. The summed E-state index contributed by atoms with van der Waals surface area (Å²) in [7, 11) is -0.163. The molecule has 1 N–H and O–H groups in total. The Bertz CT molecular complexity index is 993. The Hall–Kier alpha value is -1.94. The number of nitrogens with one attached hydrogen (secondary N) is 1. The maximum absolute atomic E-state index is 13.0. The zero-order valence-electron chi connectivity index (χ0n) is 18.1. The molecule has 166 valence electrons. The highest BCUT2D eigenvalue weighted by Gasteiger charge is 2.34. The van der Waals surface area contributed by atoms with E-state index in [2.05, 4.69) is 5.32 Å². The van der Waals surface area contributed by atoms with E-state index in [1.165, 1.54) is 0 Å². The molecule has 1 saturated heterocycles. The van der Waals surface area contributed by atoms with Crippen LogP contribution in [0.2, 0.25) is 0 Å². The Kier molecular flexibility index (Phi) is 6.86. The van der Waals surface area contributed by atoms with E-state index in [4.69, 9.17) is 8.92 Å². The van der Waals surface area contributed by atoms with Crippen LogP contribution in [0.25, 0.3) is 10.9 Å². The predicted octanol–water partition coefficient (Wildman–Crippen LogP) is 1.64. The Morgan fingerprint density at radius 1 is 1.27 bits per heavy atom. The van der Waals surface area contributed by atoms with Crippen molar-refractivity contribution in [1.82, 2.24) is 14.2 Å². The summed E-state index contributed by atoms with van der Waals surface area (Å²) in [5.74, 6) is -0.144. The van der Waals surface area contributed by atoms with Gasteiger partial charge < -0.3 is 15.0 Å². The number of fused-ring (bicyclic) bond motifs is 1. The monoisotopic (exact) mass is 437 g/mol. The van der Waals surface area contributed by atoms with E-state index in [-0.39, 0.29) is 6.61 Å². The number of hydrogen-bond donors (Lipinski definition) is 1. The van der Waals surface area contributed by atoms with Crippen LogP contribution in [0, 0.1) is 11.3 Å².